The first-order chi connectivity index (χ1) is 13.7. The van der Waals surface area contributed by atoms with Crippen molar-refractivity contribution in [2.24, 2.45) is 0 Å². The molecule has 0 saturated heterocycles. The van der Waals surface area contributed by atoms with E-state index in [0.717, 1.165) is 22.2 Å². The second-order valence-electron chi connectivity index (χ2n) is 6.06. The molecule has 0 atom stereocenters. The van der Waals surface area contributed by atoms with Gasteiger partial charge in [0.05, 0.1) is 17.0 Å². The number of carbonyl (C=O) groups is 1. The first-order valence-electron chi connectivity index (χ1n) is 8.73. The van der Waals surface area contributed by atoms with Gasteiger partial charge in [0.1, 0.15) is 12.1 Å². The molecule has 0 amide bonds. The third kappa shape index (κ3) is 3.87. The molecule has 0 unspecified atom stereocenters. The Morgan fingerprint density at radius 1 is 1.00 bits per heavy atom. The SMILES string of the molecule is CSc1ncc2cc(COC(=O)c3ccccc3)nc(-c3ccccc3)c2n1. The number of esters is 1. The lowest BCUT2D eigenvalue weighted by atomic mass is 10.1. The fourth-order valence-electron chi connectivity index (χ4n) is 2.85. The number of benzene rings is 2. The van der Waals surface area contributed by atoms with E-state index in [4.69, 9.17) is 9.72 Å². The highest BCUT2D eigenvalue weighted by Gasteiger charge is 2.13. The predicted molar refractivity (Wildman–Crippen MR) is 110 cm³/mol. The summed E-state index contributed by atoms with van der Waals surface area (Å²) in [5.41, 5.74) is 3.65. The molecule has 0 fully saturated rings. The quantitative estimate of drug-likeness (QED) is 0.279. The molecule has 6 heteroatoms. The second kappa shape index (κ2) is 8.19. The first-order valence-corrected chi connectivity index (χ1v) is 9.95. The van der Waals surface area contributed by atoms with Crippen molar-refractivity contribution in [2.45, 2.75) is 11.8 Å². The topological polar surface area (TPSA) is 65.0 Å². The van der Waals surface area contributed by atoms with Gasteiger partial charge in [0.2, 0.25) is 0 Å². The molecule has 0 saturated carbocycles. The number of hydrogen-bond acceptors (Lipinski definition) is 6. The molecule has 2 aromatic heterocycles. The summed E-state index contributed by atoms with van der Waals surface area (Å²) in [5, 5.41) is 1.55. The van der Waals surface area contributed by atoms with Crippen LogP contribution in [0.5, 0.6) is 0 Å². The average Bonchev–Trinajstić information content (AvgIpc) is 2.77. The normalized spacial score (nSPS) is 10.8. The number of thioether (sulfide) groups is 1. The molecule has 0 bridgehead atoms. The zero-order valence-electron chi connectivity index (χ0n) is 15.2. The summed E-state index contributed by atoms with van der Waals surface area (Å²) in [5.74, 6) is -0.377. The fraction of sp³-hybridized carbons (Fsp3) is 0.0909. The Kier molecular flexibility index (Phi) is 5.30. The summed E-state index contributed by atoms with van der Waals surface area (Å²) in [7, 11) is 0. The zero-order chi connectivity index (χ0) is 19.3. The molecule has 28 heavy (non-hydrogen) atoms. The minimum absolute atomic E-state index is 0.0772. The highest BCUT2D eigenvalue weighted by atomic mass is 32.2. The number of fused-ring (bicyclic) bond motifs is 1. The molecule has 138 valence electrons. The van der Waals surface area contributed by atoms with E-state index in [9.17, 15) is 4.79 Å². The molecule has 0 N–H and O–H groups in total. The van der Waals surface area contributed by atoms with Crippen LogP contribution in [0.3, 0.4) is 0 Å². The molecule has 4 rings (SSSR count). The highest BCUT2D eigenvalue weighted by Crippen LogP contribution is 2.27. The third-order valence-corrected chi connectivity index (χ3v) is 4.75. The maximum atomic E-state index is 12.2. The van der Waals surface area contributed by atoms with Crippen molar-refractivity contribution < 1.29 is 9.53 Å². The second-order valence-corrected chi connectivity index (χ2v) is 6.84. The van der Waals surface area contributed by atoms with E-state index in [1.165, 1.54) is 11.8 Å². The van der Waals surface area contributed by atoms with Gasteiger partial charge in [0.25, 0.3) is 0 Å². The van der Waals surface area contributed by atoms with E-state index in [-0.39, 0.29) is 12.6 Å². The number of nitrogens with zero attached hydrogens (tertiary/aromatic N) is 3. The van der Waals surface area contributed by atoms with Gasteiger partial charge in [-0.2, -0.15) is 0 Å². The van der Waals surface area contributed by atoms with Crippen LogP contribution in [-0.2, 0) is 11.3 Å². The predicted octanol–water partition coefficient (Wildman–Crippen LogP) is 4.77. The summed E-state index contributed by atoms with van der Waals surface area (Å²) < 4.78 is 5.45. The minimum atomic E-state index is -0.377. The van der Waals surface area contributed by atoms with E-state index in [1.54, 1.807) is 30.5 Å². The molecule has 0 aliphatic rings. The minimum Gasteiger partial charge on any atom is -0.456 e. The van der Waals surface area contributed by atoms with Crippen molar-refractivity contribution in [1.29, 1.82) is 0 Å². The standard InChI is InChI=1S/C22H17N3O2S/c1-28-22-23-13-17-12-18(14-27-21(26)16-10-6-3-7-11-16)24-19(20(17)25-22)15-8-4-2-5-9-15/h2-13H,14H2,1H3. The Morgan fingerprint density at radius 2 is 1.71 bits per heavy atom. The van der Waals surface area contributed by atoms with Crippen LogP contribution in [0.1, 0.15) is 16.1 Å². The summed E-state index contributed by atoms with van der Waals surface area (Å²) in [6, 6.07) is 20.6. The summed E-state index contributed by atoms with van der Waals surface area (Å²) in [6.45, 7) is 0.0772. The van der Waals surface area contributed by atoms with Crippen LogP contribution in [-0.4, -0.2) is 27.2 Å². The number of aromatic nitrogens is 3. The molecule has 2 heterocycles. The van der Waals surface area contributed by atoms with Crippen LogP contribution in [0.4, 0.5) is 0 Å². The van der Waals surface area contributed by atoms with Gasteiger partial charge in [-0.15, -0.1) is 0 Å². The fourth-order valence-corrected chi connectivity index (χ4v) is 3.19. The van der Waals surface area contributed by atoms with Crippen molar-refractivity contribution in [2.75, 3.05) is 6.26 Å². The molecule has 4 aromatic rings. The van der Waals surface area contributed by atoms with Crippen LogP contribution in [0.15, 0.2) is 78.1 Å². The van der Waals surface area contributed by atoms with Crippen LogP contribution in [0.25, 0.3) is 22.2 Å². The van der Waals surface area contributed by atoms with E-state index >= 15 is 0 Å². The maximum Gasteiger partial charge on any atom is 0.338 e. The Bertz CT molecular complexity index is 1120. The molecule has 0 aliphatic carbocycles. The summed E-state index contributed by atoms with van der Waals surface area (Å²) >= 11 is 1.48. The number of pyridine rings is 1. The smallest absolute Gasteiger partial charge is 0.338 e. The van der Waals surface area contributed by atoms with E-state index in [2.05, 4.69) is 9.97 Å². The van der Waals surface area contributed by atoms with Gasteiger partial charge in [-0.25, -0.2) is 19.7 Å². The third-order valence-electron chi connectivity index (χ3n) is 4.19. The highest BCUT2D eigenvalue weighted by molar-refractivity contribution is 7.98. The van der Waals surface area contributed by atoms with Gasteiger partial charge in [0.15, 0.2) is 5.16 Å². The summed E-state index contributed by atoms with van der Waals surface area (Å²) in [4.78, 5) is 26.0. The van der Waals surface area contributed by atoms with Crippen molar-refractivity contribution in [3.05, 3.63) is 84.2 Å². The number of ether oxygens (including phenoxy) is 1. The van der Waals surface area contributed by atoms with Crippen molar-refractivity contribution in [1.82, 2.24) is 15.0 Å². The van der Waals surface area contributed by atoms with Crippen molar-refractivity contribution in [3.8, 4) is 11.3 Å². The number of rotatable bonds is 5. The maximum absolute atomic E-state index is 12.2. The Morgan fingerprint density at radius 3 is 2.43 bits per heavy atom. The lowest BCUT2D eigenvalue weighted by Gasteiger charge is -2.10. The molecular weight excluding hydrogens is 370 g/mol. The van der Waals surface area contributed by atoms with Gasteiger partial charge in [-0.3, -0.25) is 0 Å². The molecule has 2 aromatic carbocycles. The Labute approximate surface area is 166 Å². The molecular formula is C22H17N3O2S. The lowest BCUT2D eigenvalue weighted by molar-refractivity contribution is 0.0468. The van der Waals surface area contributed by atoms with Gasteiger partial charge in [-0.1, -0.05) is 60.3 Å². The monoisotopic (exact) mass is 387 g/mol. The molecule has 0 radical (unpaired) electrons. The number of carbonyl (C=O) groups excluding carboxylic acids is 1. The van der Waals surface area contributed by atoms with Crippen LogP contribution in [0, 0.1) is 0 Å². The van der Waals surface area contributed by atoms with Crippen molar-refractivity contribution in [3.63, 3.8) is 0 Å². The lowest BCUT2D eigenvalue weighted by Crippen LogP contribution is -2.07. The van der Waals surface area contributed by atoms with Gasteiger partial charge in [0, 0.05) is 17.1 Å². The number of hydrogen-bond donors (Lipinski definition) is 0. The van der Waals surface area contributed by atoms with E-state index in [1.807, 2.05) is 48.7 Å². The van der Waals surface area contributed by atoms with Gasteiger partial charge < -0.3 is 4.74 Å². The summed E-state index contributed by atoms with van der Waals surface area (Å²) in [6.07, 6.45) is 3.72. The van der Waals surface area contributed by atoms with Gasteiger partial charge >= 0.3 is 5.97 Å². The van der Waals surface area contributed by atoms with Crippen LogP contribution < -0.4 is 0 Å². The molecule has 0 aliphatic heterocycles. The average molecular weight is 387 g/mol. The van der Waals surface area contributed by atoms with Gasteiger partial charge in [-0.05, 0) is 24.5 Å². The van der Waals surface area contributed by atoms with Crippen LogP contribution >= 0.6 is 11.8 Å². The first kappa shape index (κ1) is 18.1. The zero-order valence-corrected chi connectivity index (χ0v) is 16.0. The molecule has 0 spiro atoms. The van der Waals surface area contributed by atoms with E-state index in [0.29, 0.717) is 16.4 Å². The largest absolute Gasteiger partial charge is 0.456 e. The van der Waals surface area contributed by atoms with E-state index < -0.39 is 0 Å². The van der Waals surface area contributed by atoms with Crippen LogP contribution in [0.2, 0.25) is 0 Å². The Hall–Kier alpha value is -3.25. The molecule has 5 nitrogen and oxygen atoms in total. The Balaban J connectivity index is 1.70. The van der Waals surface area contributed by atoms with Crippen molar-refractivity contribution >= 4 is 28.6 Å².